The summed E-state index contributed by atoms with van der Waals surface area (Å²) in [6, 6.07) is 0.780. The Morgan fingerprint density at radius 2 is 1.75 bits per heavy atom. The SMILES string of the molecule is CCCO[SiH3].CO[Si](CCCOCC1CO1)(OC)OC. The Morgan fingerprint density at radius 3 is 2.10 bits per heavy atom. The van der Waals surface area contributed by atoms with Crippen molar-refractivity contribution in [1.29, 1.82) is 0 Å². The third-order valence-corrected chi connectivity index (χ3v) is 6.06. The minimum Gasteiger partial charge on any atom is -0.428 e. The van der Waals surface area contributed by atoms with Crippen molar-refractivity contribution in [2.45, 2.75) is 31.9 Å². The van der Waals surface area contributed by atoms with Crippen LogP contribution in [-0.2, 0) is 27.2 Å². The molecule has 0 bridgehead atoms. The monoisotopic (exact) mass is 326 g/mol. The Morgan fingerprint density at radius 1 is 1.15 bits per heavy atom. The lowest BCUT2D eigenvalue weighted by Crippen LogP contribution is -2.42. The molecule has 0 aromatic rings. The van der Waals surface area contributed by atoms with E-state index < -0.39 is 8.80 Å². The maximum absolute atomic E-state index is 5.42. The first kappa shape index (κ1) is 20.2. The highest BCUT2D eigenvalue weighted by atomic mass is 28.4. The molecule has 122 valence electrons. The average molecular weight is 327 g/mol. The van der Waals surface area contributed by atoms with Gasteiger partial charge >= 0.3 is 8.80 Å². The van der Waals surface area contributed by atoms with Crippen LogP contribution in [0.2, 0.25) is 6.04 Å². The fraction of sp³-hybridized carbons (Fsp3) is 1.00. The van der Waals surface area contributed by atoms with Crippen LogP contribution in [0.1, 0.15) is 19.8 Å². The predicted octanol–water partition coefficient (Wildman–Crippen LogP) is 0.363. The van der Waals surface area contributed by atoms with Gasteiger partial charge in [0.25, 0.3) is 0 Å². The van der Waals surface area contributed by atoms with Crippen LogP contribution in [0.15, 0.2) is 0 Å². The third kappa shape index (κ3) is 10.00. The normalized spacial score (nSPS) is 17.7. The van der Waals surface area contributed by atoms with Crippen molar-refractivity contribution in [2.75, 3.05) is 47.8 Å². The van der Waals surface area contributed by atoms with Crippen LogP contribution in [-0.4, -0.2) is 73.2 Å². The summed E-state index contributed by atoms with van der Waals surface area (Å²) in [4.78, 5) is 0. The van der Waals surface area contributed by atoms with Gasteiger partial charge in [-0.25, -0.2) is 0 Å². The fourth-order valence-electron chi connectivity index (χ4n) is 1.53. The van der Waals surface area contributed by atoms with E-state index in [9.17, 15) is 0 Å². The number of epoxide rings is 1. The van der Waals surface area contributed by atoms with Crippen LogP contribution in [0, 0.1) is 0 Å². The highest BCUT2D eigenvalue weighted by Gasteiger charge is 2.36. The molecule has 1 saturated heterocycles. The topological polar surface area (TPSA) is 58.7 Å². The van der Waals surface area contributed by atoms with Gasteiger partial charge in [-0.15, -0.1) is 0 Å². The second-order valence-electron chi connectivity index (χ2n) is 4.42. The zero-order valence-corrected chi connectivity index (χ0v) is 16.5. The van der Waals surface area contributed by atoms with Crippen LogP contribution in [0.3, 0.4) is 0 Å². The van der Waals surface area contributed by atoms with Crippen LogP contribution >= 0.6 is 0 Å². The fourth-order valence-corrected chi connectivity index (χ4v) is 3.63. The molecule has 0 spiro atoms. The number of hydrogen-bond donors (Lipinski definition) is 0. The molecule has 1 fully saturated rings. The molecule has 8 heteroatoms. The third-order valence-electron chi connectivity index (χ3n) is 2.82. The summed E-state index contributed by atoms with van der Waals surface area (Å²) in [5.41, 5.74) is 0. The number of rotatable bonds is 11. The van der Waals surface area contributed by atoms with E-state index in [1.807, 2.05) is 0 Å². The zero-order valence-electron chi connectivity index (χ0n) is 13.5. The Kier molecular flexibility index (Phi) is 13.0. The first-order valence-electron chi connectivity index (χ1n) is 7.01. The quantitative estimate of drug-likeness (QED) is 0.310. The van der Waals surface area contributed by atoms with Gasteiger partial charge in [0.05, 0.1) is 13.2 Å². The molecule has 0 aliphatic carbocycles. The van der Waals surface area contributed by atoms with E-state index in [1.165, 1.54) is 0 Å². The molecule has 1 aliphatic heterocycles. The Balaban J connectivity index is 0.000000621. The van der Waals surface area contributed by atoms with Gasteiger partial charge in [-0.3, -0.25) is 0 Å². The molecular formula is C12H30O6Si2. The zero-order chi connectivity index (χ0) is 15.3. The highest BCUT2D eigenvalue weighted by molar-refractivity contribution is 6.60. The standard InChI is InChI=1S/C9H20O5Si.C3H10OSi/c1-10-15(11-2,12-3)6-4-5-13-7-9-8-14-9;1-2-3-4-5/h9H,4-8H2,1-3H3;2-3H2,1,5H3. The molecule has 1 unspecified atom stereocenters. The minimum atomic E-state index is -2.39. The largest absolute Gasteiger partial charge is 0.500 e. The lowest BCUT2D eigenvalue weighted by atomic mass is 10.5. The van der Waals surface area contributed by atoms with E-state index in [1.54, 1.807) is 21.3 Å². The molecule has 20 heavy (non-hydrogen) atoms. The summed E-state index contributed by atoms with van der Waals surface area (Å²) >= 11 is 0. The second kappa shape index (κ2) is 12.9. The first-order chi connectivity index (χ1) is 9.67. The molecule has 0 aromatic carbocycles. The second-order valence-corrected chi connectivity index (χ2v) is 8.09. The molecule has 1 heterocycles. The predicted molar refractivity (Wildman–Crippen MR) is 82.9 cm³/mol. The summed E-state index contributed by atoms with van der Waals surface area (Å²) < 4.78 is 31.1. The van der Waals surface area contributed by atoms with Crippen molar-refractivity contribution in [3.63, 3.8) is 0 Å². The van der Waals surface area contributed by atoms with Crippen LogP contribution in [0.4, 0.5) is 0 Å². The molecule has 1 aliphatic rings. The van der Waals surface area contributed by atoms with Gasteiger partial charge < -0.3 is 27.2 Å². The smallest absolute Gasteiger partial charge is 0.428 e. The Bertz CT molecular complexity index is 202. The van der Waals surface area contributed by atoms with Gasteiger partial charge in [0.15, 0.2) is 0 Å². The van der Waals surface area contributed by atoms with Crippen LogP contribution in [0.25, 0.3) is 0 Å². The van der Waals surface area contributed by atoms with Gasteiger partial charge in [-0.05, 0) is 12.8 Å². The molecule has 0 amide bonds. The average Bonchev–Trinajstić information content (AvgIpc) is 3.29. The maximum atomic E-state index is 5.42. The van der Waals surface area contributed by atoms with Crippen molar-refractivity contribution in [3.8, 4) is 0 Å². The lowest BCUT2D eigenvalue weighted by molar-refractivity contribution is 0.100. The van der Waals surface area contributed by atoms with Gasteiger partial charge in [-0.2, -0.15) is 0 Å². The molecule has 1 atom stereocenters. The number of ether oxygens (including phenoxy) is 2. The summed E-state index contributed by atoms with van der Waals surface area (Å²) in [6.07, 6.45) is 2.37. The van der Waals surface area contributed by atoms with Crippen LogP contribution < -0.4 is 0 Å². The summed E-state index contributed by atoms with van der Waals surface area (Å²) in [5.74, 6) is 0. The summed E-state index contributed by atoms with van der Waals surface area (Å²) in [6.45, 7) is 5.29. The van der Waals surface area contributed by atoms with E-state index in [0.29, 0.717) is 19.3 Å². The molecule has 1 rings (SSSR count). The minimum absolute atomic E-state index is 0.333. The maximum Gasteiger partial charge on any atom is 0.500 e. The molecule has 6 nitrogen and oxygen atoms in total. The van der Waals surface area contributed by atoms with Crippen LogP contribution in [0.5, 0.6) is 0 Å². The highest BCUT2D eigenvalue weighted by Crippen LogP contribution is 2.15. The molecule has 0 N–H and O–H groups in total. The molecule has 0 radical (unpaired) electrons. The van der Waals surface area contributed by atoms with Gasteiger partial charge in [0, 0.05) is 40.6 Å². The van der Waals surface area contributed by atoms with Crippen molar-refractivity contribution in [3.05, 3.63) is 0 Å². The van der Waals surface area contributed by atoms with Crippen molar-refractivity contribution in [2.24, 2.45) is 0 Å². The van der Waals surface area contributed by atoms with E-state index in [0.717, 1.165) is 42.6 Å². The lowest BCUT2D eigenvalue weighted by Gasteiger charge is -2.24. The summed E-state index contributed by atoms with van der Waals surface area (Å²) in [5, 5.41) is 0. The van der Waals surface area contributed by atoms with E-state index >= 15 is 0 Å². The van der Waals surface area contributed by atoms with Crippen molar-refractivity contribution in [1.82, 2.24) is 0 Å². The summed E-state index contributed by atoms with van der Waals surface area (Å²) in [7, 11) is 3.38. The van der Waals surface area contributed by atoms with Gasteiger partial charge in [0.2, 0.25) is 0 Å². The van der Waals surface area contributed by atoms with Gasteiger partial charge in [0.1, 0.15) is 16.6 Å². The van der Waals surface area contributed by atoms with E-state index in [2.05, 4.69) is 6.92 Å². The first-order valence-corrected chi connectivity index (χ1v) is 9.76. The van der Waals surface area contributed by atoms with Crippen molar-refractivity contribution < 1.29 is 27.2 Å². The molecule has 0 aromatic heterocycles. The Hall–Kier alpha value is 0.194. The molecule has 0 saturated carbocycles. The van der Waals surface area contributed by atoms with Gasteiger partial charge in [-0.1, -0.05) is 6.92 Å². The Labute approximate surface area is 126 Å². The van der Waals surface area contributed by atoms with E-state index in [-0.39, 0.29) is 0 Å². The van der Waals surface area contributed by atoms with E-state index in [4.69, 9.17) is 27.2 Å². The number of hydrogen-bond acceptors (Lipinski definition) is 6. The van der Waals surface area contributed by atoms with Crippen molar-refractivity contribution >= 4 is 19.3 Å². The molecular weight excluding hydrogens is 296 g/mol.